The van der Waals surface area contributed by atoms with Gasteiger partial charge in [-0.2, -0.15) is 0 Å². The highest BCUT2D eigenvalue weighted by Crippen LogP contribution is 2.17. The fraction of sp³-hybridized carbons (Fsp3) is 0.0714. The van der Waals surface area contributed by atoms with Gasteiger partial charge in [0.25, 0.3) is 0 Å². The molecule has 0 spiro atoms. The summed E-state index contributed by atoms with van der Waals surface area (Å²) in [5.41, 5.74) is -0.103. The van der Waals surface area contributed by atoms with Crippen LogP contribution in [0.5, 0.6) is 0 Å². The molecule has 0 aromatic heterocycles. The van der Waals surface area contributed by atoms with Crippen LogP contribution in [-0.2, 0) is 6.54 Å². The number of hydrogen-bond donors (Lipinski definition) is 2. The summed E-state index contributed by atoms with van der Waals surface area (Å²) >= 11 is 0. The van der Waals surface area contributed by atoms with Crippen molar-refractivity contribution in [2.24, 2.45) is 0 Å². The van der Waals surface area contributed by atoms with Crippen LogP contribution in [0.1, 0.15) is 15.9 Å². The van der Waals surface area contributed by atoms with Gasteiger partial charge in [-0.15, -0.1) is 0 Å². The van der Waals surface area contributed by atoms with Crippen LogP contribution in [0.2, 0.25) is 0 Å². The summed E-state index contributed by atoms with van der Waals surface area (Å²) in [5.74, 6) is -4.20. The van der Waals surface area contributed by atoms with E-state index in [2.05, 4.69) is 5.32 Å². The number of benzene rings is 2. The molecular formula is C14H10F3NO2. The zero-order chi connectivity index (χ0) is 14.7. The molecule has 3 nitrogen and oxygen atoms in total. The number of halogens is 3. The molecular weight excluding hydrogens is 271 g/mol. The smallest absolute Gasteiger partial charge is 0.338 e. The summed E-state index contributed by atoms with van der Waals surface area (Å²) in [5, 5.41) is 11.5. The van der Waals surface area contributed by atoms with E-state index in [0.29, 0.717) is 5.69 Å². The van der Waals surface area contributed by atoms with Gasteiger partial charge in [0.05, 0.1) is 5.56 Å². The molecule has 6 heteroatoms. The maximum absolute atomic E-state index is 13.4. The number of hydrogen-bond acceptors (Lipinski definition) is 2. The van der Waals surface area contributed by atoms with Crippen molar-refractivity contribution in [3.05, 3.63) is 65.0 Å². The van der Waals surface area contributed by atoms with Crippen LogP contribution in [-0.4, -0.2) is 11.1 Å². The van der Waals surface area contributed by atoms with Gasteiger partial charge in [-0.05, 0) is 24.3 Å². The molecule has 0 amide bonds. The zero-order valence-electron chi connectivity index (χ0n) is 10.2. The molecule has 2 rings (SSSR count). The van der Waals surface area contributed by atoms with Gasteiger partial charge in [-0.1, -0.05) is 12.1 Å². The summed E-state index contributed by atoms with van der Waals surface area (Å²) in [6, 6.07) is 7.16. The third kappa shape index (κ3) is 2.90. The topological polar surface area (TPSA) is 49.3 Å². The molecule has 0 atom stereocenters. The normalized spacial score (nSPS) is 10.3. The van der Waals surface area contributed by atoms with Crippen molar-refractivity contribution < 1.29 is 23.1 Å². The number of anilines is 1. The van der Waals surface area contributed by atoms with E-state index >= 15 is 0 Å². The first kappa shape index (κ1) is 13.9. The lowest BCUT2D eigenvalue weighted by molar-refractivity contribution is 0.0692. The fourth-order valence-electron chi connectivity index (χ4n) is 1.68. The summed E-state index contributed by atoms with van der Waals surface area (Å²) in [6.07, 6.45) is 0. The quantitative estimate of drug-likeness (QED) is 0.902. The Morgan fingerprint density at radius 3 is 2.55 bits per heavy atom. The highest BCUT2D eigenvalue weighted by molar-refractivity contribution is 5.89. The molecule has 0 fully saturated rings. The van der Waals surface area contributed by atoms with Gasteiger partial charge in [-0.3, -0.25) is 0 Å². The fourth-order valence-corrected chi connectivity index (χ4v) is 1.68. The molecule has 0 bridgehead atoms. The molecule has 2 aromatic rings. The van der Waals surface area contributed by atoms with E-state index in [-0.39, 0.29) is 12.1 Å². The summed E-state index contributed by atoms with van der Waals surface area (Å²) < 4.78 is 39.6. The first-order valence-corrected chi connectivity index (χ1v) is 5.68. The van der Waals surface area contributed by atoms with Crippen LogP contribution in [0.25, 0.3) is 0 Å². The van der Waals surface area contributed by atoms with E-state index in [4.69, 9.17) is 5.11 Å². The van der Waals surface area contributed by atoms with E-state index in [9.17, 15) is 18.0 Å². The first-order chi connectivity index (χ1) is 9.49. The molecule has 0 saturated carbocycles. The molecule has 0 aliphatic carbocycles. The molecule has 0 aliphatic heterocycles. The van der Waals surface area contributed by atoms with Crippen LogP contribution in [0.3, 0.4) is 0 Å². The summed E-state index contributed by atoms with van der Waals surface area (Å²) in [7, 11) is 0. The largest absolute Gasteiger partial charge is 0.478 e. The van der Waals surface area contributed by atoms with Crippen molar-refractivity contribution in [1.82, 2.24) is 0 Å². The van der Waals surface area contributed by atoms with Crippen LogP contribution >= 0.6 is 0 Å². The highest BCUT2D eigenvalue weighted by atomic mass is 19.2. The second-order valence-corrected chi connectivity index (χ2v) is 4.07. The number of nitrogens with one attached hydrogen (secondary N) is 1. The van der Waals surface area contributed by atoms with Crippen molar-refractivity contribution in [3.63, 3.8) is 0 Å². The molecule has 0 radical (unpaired) electrons. The van der Waals surface area contributed by atoms with Crippen molar-refractivity contribution in [2.45, 2.75) is 6.54 Å². The van der Waals surface area contributed by atoms with E-state index in [1.54, 1.807) is 0 Å². The average molecular weight is 281 g/mol. The molecule has 104 valence electrons. The SMILES string of the molecule is O=C(O)c1cc(NCc2cccc(F)c2F)ccc1F. The Hall–Kier alpha value is -2.50. The lowest BCUT2D eigenvalue weighted by Gasteiger charge is -2.09. The Kier molecular flexibility index (Phi) is 3.93. The Morgan fingerprint density at radius 2 is 1.85 bits per heavy atom. The van der Waals surface area contributed by atoms with E-state index in [1.165, 1.54) is 18.2 Å². The lowest BCUT2D eigenvalue weighted by Crippen LogP contribution is -2.06. The van der Waals surface area contributed by atoms with Crippen LogP contribution in [0, 0.1) is 17.5 Å². The molecule has 2 aromatic carbocycles. The van der Waals surface area contributed by atoms with Gasteiger partial charge < -0.3 is 10.4 Å². The minimum Gasteiger partial charge on any atom is -0.478 e. The number of aromatic carboxylic acids is 1. The molecule has 0 aliphatic rings. The summed E-state index contributed by atoms with van der Waals surface area (Å²) in [6.45, 7) is -0.0473. The van der Waals surface area contributed by atoms with Gasteiger partial charge in [-0.25, -0.2) is 18.0 Å². The average Bonchev–Trinajstić information content (AvgIpc) is 2.41. The Balaban J connectivity index is 2.17. The van der Waals surface area contributed by atoms with E-state index < -0.39 is 29.0 Å². The first-order valence-electron chi connectivity index (χ1n) is 5.68. The molecule has 0 saturated heterocycles. The Morgan fingerprint density at radius 1 is 1.10 bits per heavy atom. The van der Waals surface area contributed by atoms with E-state index in [0.717, 1.165) is 18.2 Å². The van der Waals surface area contributed by atoms with Crippen LogP contribution in [0.4, 0.5) is 18.9 Å². The van der Waals surface area contributed by atoms with Gasteiger partial charge >= 0.3 is 5.97 Å². The Labute approximate surface area is 112 Å². The lowest BCUT2D eigenvalue weighted by atomic mass is 10.1. The van der Waals surface area contributed by atoms with Crippen molar-refractivity contribution >= 4 is 11.7 Å². The highest BCUT2D eigenvalue weighted by Gasteiger charge is 2.11. The minimum absolute atomic E-state index is 0.0473. The maximum atomic E-state index is 13.4. The second kappa shape index (κ2) is 5.64. The molecule has 0 heterocycles. The van der Waals surface area contributed by atoms with Crippen LogP contribution < -0.4 is 5.32 Å². The molecule has 20 heavy (non-hydrogen) atoms. The van der Waals surface area contributed by atoms with Gasteiger partial charge in [0.15, 0.2) is 11.6 Å². The predicted molar refractivity (Wildman–Crippen MR) is 67.0 cm³/mol. The molecule has 2 N–H and O–H groups in total. The molecule has 0 unspecified atom stereocenters. The third-order valence-corrected chi connectivity index (χ3v) is 2.71. The van der Waals surface area contributed by atoms with Gasteiger partial charge in [0.2, 0.25) is 0 Å². The second-order valence-electron chi connectivity index (χ2n) is 4.07. The maximum Gasteiger partial charge on any atom is 0.338 e. The van der Waals surface area contributed by atoms with Crippen molar-refractivity contribution in [3.8, 4) is 0 Å². The number of carboxylic acids is 1. The Bertz CT molecular complexity index is 659. The monoisotopic (exact) mass is 281 g/mol. The number of carboxylic acid groups (broad SMARTS) is 1. The van der Waals surface area contributed by atoms with Crippen molar-refractivity contribution in [1.29, 1.82) is 0 Å². The van der Waals surface area contributed by atoms with Gasteiger partial charge in [0.1, 0.15) is 5.82 Å². The third-order valence-electron chi connectivity index (χ3n) is 2.71. The number of rotatable bonds is 4. The van der Waals surface area contributed by atoms with Gasteiger partial charge in [0, 0.05) is 17.8 Å². The van der Waals surface area contributed by atoms with Crippen LogP contribution in [0.15, 0.2) is 36.4 Å². The summed E-state index contributed by atoms with van der Waals surface area (Å²) in [4.78, 5) is 10.8. The predicted octanol–water partition coefficient (Wildman–Crippen LogP) is 3.41. The minimum atomic E-state index is -1.40. The standard InChI is InChI=1S/C14H10F3NO2/c15-11-5-4-9(6-10(11)14(19)20)18-7-8-2-1-3-12(16)13(8)17/h1-6,18H,7H2,(H,19,20). The van der Waals surface area contributed by atoms with E-state index in [1.807, 2.05) is 0 Å². The zero-order valence-corrected chi connectivity index (χ0v) is 10.2. The van der Waals surface area contributed by atoms with Crippen molar-refractivity contribution in [2.75, 3.05) is 5.32 Å². The number of carbonyl (C=O) groups is 1.